The maximum absolute atomic E-state index is 13.6. The van der Waals surface area contributed by atoms with Crippen LogP contribution >= 0.6 is 0 Å². The molecule has 1 unspecified atom stereocenters. The van der Waals surface area contributed by atoms with Crippen molar-refractivity contribution in [2.24, 2.45) is 5.92 Å². The van der Waals surface area contributed by atoms with Crippen molar-refractivity contribution in [3.63, 3.8) is 0 Å². The molecular weight excluding hydrogens is 478 g/mol. The van der Waals surface area contributed by atoms with Crippen molar-refractivity contribution in [3.8, 4) is 22.4 Å². The second-order valence-electron chi connectivity index (χ2n) is 10.5. The number of imidazole rings is 1. The predicted octanol–water partition coefficient (Wildman–Crippen LogP) is 5.16. The average Bonchev–Trinajstić information content (AvgIpc) is 3.47. The molecule has 0 bridgehead atoms. The van der Waals surface area contributed by atoms with E-state index in [0.29, 0.717) is 24.2 Å². The highest BCUT2D eigenvalue weighted by molar-refractivity contribution is 5.97. The van der Waals surface area contributed by atoms with Gasteiger partial charge in [-0.15, -0.1) is 0 Å². The second kappa shape index (κ2) is 9.10. The fourth-order valence-electron chi connectivity index (χ4n) is 6.24. The molecule has 7 heteroatoms. The number of ether oxygens (including phenoxy) is 1. The van der Waals surface area contributed by atoms with Crippen LogP contribution in [0.25, 0.3) is 28.0 Å². The largest absolute Gasteiger partial charge is 0.481 e. The molecule has 1 N–H and O–H groups in total. The molecule has 1 atom stereocenters. The van der Waals surface area contributed by atoms with Gasteiger partial charge < -0.3 is 19.1 Å². The van der Waals surface area contributed by atoms with Gasteiger partial charge in [0, 0.05) is 23.9 Å². The van der Waals surface area contributed by atoms with Crippen LogP contribution in [0.5, 0.6) is 0 Å². The summed E-state index contributed by atoms with van der Waals surface area (Å²) >= 11 is 0. The number of rotatable bonds is 5. The van der Waals surface area contributed by atoms with Crippen LogP contribution in [0.3, 0.4) is 0 Å². The number of nitrogens with zero attached hydrogens (tertiary/aromatic N) is 3. The lowest BCUT2D eigenvalue weighted by Gasteiger charge is -2.47. The number of carbonyl (C=O) groups is 2. The number of carboxylic acid groups (broad SMARTS) is 1. The maximum Gasteiger partial charge on any atom is 0.309 e. The van der Waals surface area contributed by atoms with E-state index in [1.807, 2.05) is 24.4 Å². The van der Waals surface area contributed by atoms with E-state index in [1.54, 1.807) is 4.90 Å². The minimum absolute atomic E-state index is 0.169. The third-order valence-electron chi connectivity index (χ3n) is 8.24. The molecule has 2 aromatic heterocycles. The van der Waals surface area contributed by atoms with Gasteiger partial charge in [0.25, 0.3) is 5.91 Å². The maximum atomic E-state index is 13.6. The Morgan fingerprint density at radius 3 is 2.47 bits per heavy atom. The molecule has 2 aromatic carbocycles. The topological polar surface area (TPSA) is 84.1 Å². The molecule has 194 valence electrons. The molecule has 2 fully saturated rings. The van der Waals surface area contributed by atoms with Crippen molar-refractivity contribution < 1.29 is 19.4 Å². The molecular formula is C31H31N3O4. The number of hydrogen-bond donors (Lipinski definition) is 1. The Morgan fingerprint density at radius 2 is 1.82 bits per heavy atom. The first-order chi connectivity index (χ1) is 18.3. The molecule has 7 nitrogen and oxygen atoms in total. The summed E-state index contributed by atoms with van der Waals surface area (Å²) in [5.41, 5.74) is 8.24. The monoisotopic (exact) mass is 509 g/mol. The van der Waals surface area contributed by atoms with Gasteiger partial charge >= 0.3 is 5.97 Å². The SMILES string of the molecule is CCc1c(-c2ccccc2-c2ccc(C)cc2C)nc2cc(C(=O)N3CCC(C(=O)O)C34COC4)ccn12. The van der Waals surface area contributed by atoms with E-state index in [2.05, 4.69) is 61.6 Å². The summed E-state index contributed by atoms with van der Waals surface area (Å²) in [6.45, 7) is 7.29. The number of hydrogen-bond acceptors (Lipinski definition) is 4. The molecule has 2 saturated heterocycles. The molecule has 0 saturated carbocycles. The van der Waals surface area contributed by atoms with Crippen molar-refractivity contribution in [1.82, 2.24) is 14.3 Å². The summed E-state index contributed by atoms with van der Waals surface area (Å²) in [4.78, 5) is 32.3. The van der Waals surface area contributed by atoms with E-state index < -0.39 is 17.4 Å². The molecule has 2 aliphatic heterocycles. The summed E-state index contributed by atoms with van der Waals surface area (Å²) in [6, 6.07) is 18.5. The quantitative estimate of drug-likeness (QED) is 0.402. The zero-order valence-electron chi connectivity index (χ0n) is 21.9. The van der Waals surface area contributed by atoms with Crippen molar-refractivity contribution >= 4 is 17.5 Å². The summed E-state index contributed by atoms with van der Waals surface area (Å²) < 4.78 is 7.45. The smallest absolute Gasteiger partial charge is 0.309 e. The molecule has 1 amide bonds. The lowest BCUT2D eigenvalue weighted by atomic mass is 9.82. The van der Waals surface area contributed by atoms with Crippen LogP contribution < -0.4 is 0 Å². The average molecular weight is 510 g/mol. The third-order valence-corrected chi connectivity index (χ3v) is 8.24. The Kier molecular flexibility index (Phi) is 5.83. The number of benzene rings is 2. The van der Waals surface area contributed by atoms with E-state index in [1.165, 1.54) is 16.7 Å². The standard InChI is InChI=1S/C31H31N3O4/c1-4-26-28(24-8-6-5-7-23(24)22-10-9-19(2)15-20(22)3)32-27-16-21(11-13-33(26)27)29(35)34-14-12-25(30(36)37)31(34)17-38-18-31/h5-11,13,15-16,25H,4,12,14,17-18H2,1-3H3,(H,36,37). The van der Waals surface area contributed by atoms with Gasteiger partial charge in [0.1, 0.15) is 11.2 Å². The number of aryl methyl sites for hydroxylation is 3. The number of pyridine rings is 1. The number of aliphatic carboxylic acids is 1. The van der Waals surface area contributed by atoms with Crippen LogP contribution in [0.4, 0.5) is 0 Å². The van der Waals surface area contributed by atoms with E-state index in [9.17, 15) is 14.7 Å². The van der Waals surface area contributed by atoms with Crippen molar-refractivity contribution in [3.05, 3.63) is 83.2 Å². The van der Waals surface area contributed by atoms with Crippen molar-refractivity contribution in [2.45, 2.75) is 39.2 Å². The van der Waals surface area contributed by atoms with Crippen LogP contribution in [0.1, 0.15) is 40.5 Å². The van der Waals surface area contributed by atoms with E-state index >= 15 is 0 Å². The van der Waals surface area contributed by atoms with Gasteiger partial charge in [-0.25, -0.2) is 4.98 Å². The minimum atomic E-state index is -0.869. The predicted molar refractivity (Wildman–Crippen MR) is 145 cm³/mol. The van der Waals surface area contributed by atoms with Crippen molar-refractivity contribution in [1.29, 1.82) is 0 Å². The van der Waals surface area contributed by atoms with Crippen molar-refractivity contribution in [2.75, 3.05) is 19.8 Å². The molecule has 4 heterocycles. The summed E-state index contributed by atoms with van der Waals surface area (Å²) in [6.07, 6.45) is 3.12. The molecule has 2 aliphatic rings. The van der Waals surface area contributed by atoms with E-state index in [-0.39, 0.29) is 19.1 Å². The Morgan fingerprint density at radius 1 is 1.05 bits per heavy atom. The van der Waals surface area contributed by atoms with Gasteiger partial charge in [-0.05, 0) is 55.5 Å². The highest BCUT2D eigenvalue weighted by atomic mass is 16.5. The number of aromatic nitrogens is 2. The van der Waals surface area contributed by atoms with Gasteiger partial charge in [-0.3, -0.25) is 9.59 Å². The lowest BCUT2D eigenvalue weighted by Crippen LogP contribution is -2.65. The number of carbonyl (C=O) groups excluding carboxylic acids is 1. The molecule has 1 spiro atoms. The molecule has 4 aromatic rings. The summed E-state index contributed by atoms with van der Waals surface area (Å²) in [5.74, 6) is -1.64. The van der Waals surface area contributed by atoms with E-state index in [0.717, 1.165) is 28.9 Å². The van der Waals surface area contributed by atoms with Gasteiger partial charge in [0.05, 0.1) is 30.5 Å². The van der Waals surface area contributed by atoms with Gasteiger partial charge in [-0.1, -0.05) is 55.0 Å². The second-order valence-corrected chi connectivity index (χ2v) is 10.5. The molecule has 0 aliphatic carbocycles. The van der Waals surface area contributed by atoms with Crippen LogP contribution in [-0.4, -0.2) is 56.6 Å². The van der Waals surface area contributed by atoms with Crippen LogP contribution in [-0.2, 0) is 16.0 Å². The first-order valence-electron chi connectivity index (χ1n) is 13.1. The Balaban J connectivity index is 1.42. The zero-order chi connectivity index (χ0) is 26.6. The Labute approximate surface area is 221 Å². The Hall–Kier alpha value is -3.97. The normalized spacial score (nSPS) is 18.2. The molecule has 0 radical (unpaired) electrons. The summed E-state index contributed by atoms with van der Waals surface area (Å²) in [5, 5.41) is 9.72. The highest BCUT2D eigenvalue weighted by Gasteiger charge is 2.58. The minimum Gasteiger partial charge on any atom is -0.481 e. The third kappa shape index (κ3) is 3.64. The van der Waals surface area contributed by atoms with Gasteiger partial charge in [0.2, 0.25) is 0 Å². The van der Waals surface area contributed by atoms with Gasteiger partial charge in [0.15, 0.2) is 0 Å². The molecule has 6 rings (SSSR count). The lowest BCUT2D eigenvalue weighted by molar-refractivity contribution is -0.164. The Bertz CT molecular complexity index is 1580. The summed E-state index contributed by atoms with van der Waals surface area (Å²) in [7, 11) is 0. The zero-order valence-corrected chi connectivity index (χ0v) is 21.9. The van der Waals surface area contributed by atoms with E-state index in [4.69, 9.17) is 9.72 Å². The first kappa shape index (κ1) is 24.4. The van der Waals surface area contributed by atoms with Gasteiger partial charge in [-0.2, -0.15) is 0 Å². The van der Waals surface area contributed by atoms with Crippen LogP contribution in [0.2, 0.25) is 0 Å². The number of likely N-dealkylation sites (tertiary alicyclic amines) is 1. The fourth-order valence-corrected chi connectivity index (χ4v) is 6.24. The first-order valence-corrected chi connectivity index (χ1v) is 13.1. The fraction of sp³-hybridized carbons (Fsp3) is 0.323. The number of carboxylic acids is 1. The number of amides is 1. The highest BCUT2D eigenvalue weighted by Crippen LogP contribution is 2.42. The molecule has 38 heavy (non-hydrogen) atoms. The van der Waals surface area contributed by atoms with Crippen LogP contribution in [0, 0.1) is 19.8 Å². The van der Waals surface area contributed by atoms with Crippen LogP contribution in [0.15, 0.2) is 60.8 Å². The number of fused-ring (bicyclic) bond motifs is 1.